The number of aromatic carboxylic acids is 1. The van der Waals surface area contributed by atoms with Gasteiger partial charge in [-0.1, -0.05) is 42.5 Å². The van der Waals surface area contributed by atoms with Gasteiger partial charge in [0.1, 0.15) is 16.5 Å². The zero-order valence-electron chi connectivity index (χ0n) is 19.9. The number of benzene rings is 2. The molecule has 1 aliphatic carbocycles. The predicted octanol–water partition coefficient (Wildman–Crippen LogP) is 6.57. The van der Waals surface area contributed by atoms with Crippen molar-refractivity contribution in [2.45, 2.75) is 39.2 Å². The van der Waals surface area contributed by atoms with Gasteiger partial charge in [0.15, 0.2) is 0 Å². The van der Waals surface area contributed by atoms with Gasteiger partial charge < -0.3 is 14.8 Å². The summed E-state index contributed by atoms with van der Waals surface area (Å²) in [4.78, 5) is 30.6. The number of nitrogens with one attached hydrogen (secondary N) is 1. The van der Waals surface area contributed by atoms with Crippen molar-refractivity contribution in [3.63, 3.8) is 0 Å². The van der Waals surface area contributed by atoms with Crippen LogP contribution in [0, 0.1) is 6.92 Å². The number of amides is 1. The van der Waals surface area contributed by atoms with Crippen LogP contribution in [0.1, 0.15) is 60.9 Å². The van der Waals surface area contributed by atoms with E-state index < -0.39 is 5.97 Å². The van der Waals surface area contributed by atoms with Gasteiger partial charge in [-0.2, -0.15) is 0 Å². The van der Waals surface area contributed by atoms with Crippen molar-refractivity contribution in [2.75, 3.05) is 0 Å². The molecule has 5 rings (SSSR count). The molecule has 182 valence electrons. The first-order valence-corrected chi connectivity index (χ1v) is 12.8. The minimum absolute atomic E-state index is 0.105. The number of rotatable bonds is 7. The first-order chi connectivity index (χ1) is 17.5. The molecular formula is C29H26N2O4S. The van der Waals surface area contributed by atoms with Crippen LogP contribution in [0.3, 0.4) is 0 Å². The van der Waals surface area contributed by atoms with E-state index in [9.17, 15) is 14.7 Å². The van der Waals surface area contributed by atoms with E-state index in [0.29, 0.717) is 34.2 Å². The summed E-state index contributed by atoms with van der Waals surface area (Å²) in [6.07, 6.45) is 5.68. The molecule has 0 saturated heterocycles. The second-order valence-corrected chi connectivity index (χ2v) is 9.89. The third-order valence-corrected chi connectivity index (χ3v) is 7.64. The number of carboxylic acid groups (broad SMARTS) is 1. The first-order valence-electron chi connectivity index (χ1n) is 11.9. The predicted molar refractivity (Wildman–Crippen MR) is 142 cm³/mol. The van der Waals surface area contributed by atoms with Crippen molar-refractivity contribution in [1.82, 2.24) is 5.32 Å². The third-order valence-electron chi connectivity index (χ3n) is 6.44. The van der Waals surface area contributed by atoms with Crippen LogP contribution in [-0.2, 0) is 19.4 Å². The molecule has 0 spiro atoms. The highest BCUT2D eigenvalue weighted by Gasteiger charge is 2.25. The quantitative estimate of drug-likeness (QED) is 0.282. The van der Waals surface area contributed by atoms with E-state index in [-0.39, 0.29) is 11.5 Å². The molecule has 2 N–H and O–H groups in total. The zero-order valence-corrected chi connectivity index (χ0v) is 20.7. The van der Waals surface area contributed by atoms with E-state index in [1.807, 2.05) is 42.5 Å². The second kappa shape index (κ2) is 10.3. The lowest BCUT2D eigenvalue weighted by Crippen LogP contribution is -2.24. The van der Waals surface area contributed by atoms with E-state index in [2.05, 4.69) is 10.3 Å². The van der Waals surface area contributed by atoms with Gasteiger partial charge in [0, 0.05) is 17.0 Å². The monoisotopic (exact) mass is 498 g/mol. The van der Waals surface area contributed by atoms with E-state index in [4.69, 9.17) is 4.42 Å². The molecule has 0 fully saturated rings. The van der Waals surface area contributed by atoms with E-state index in [1.165, 1.54) is 4.88 Å². The average Bonchev–Trinajstić information content (AvgIpc) is 3.51. The molecule has 0 unspecified atom stereocenters. The van der Waals surface area contributed by atoms with Crippen molar-refractivity contribution in [1.29, 1.82) is 0 Å². The Morgan fingerprint density at radius 3 is 2.67 bits per heavy atom. The smallest absolute Gasteiger partial charge is 0.335 e. The zero-order chi connectivity index (χ0) is 25.1. The lowest BCUT2D eigenvalue weighted by atomic mass is 9.95. The first kappa shape index (κ1) is 23.8. The van der Waals surface area contributed by atoms with Gasteiger partial charge in [-0.25, -0.2) is 9.79 Å². The van der Waals surface area contributed by atoms with E-state index >= 15 is 0 Å². The summed E-state index contributed by atoms with van der Waals surface area (Å²) in [5, 5.41) is 13.2. The number of carbonyl (C=O) groups excluding carboxylic acids is 1. The molecule has 1 aliphatic rings. The molecule has 0 bridgehead atoms. The number of hydrogen-bond donors (Lipinski definition) is 2. The summed E-state index contributed by atoms with van der Waals surface area (Å²) < 4.78 is 5.98. The summed E-state index contributed by atoms with van der Waals surface area (Å²) in [7, 11) is 0. The maximum absolute atomic E-state index is 13.2. The number of aryl methyl sites for hydroxylation is 1. The highest BCUT2D eigenvalue weighted by Crippen LogP contribution is 2.40. The highest BCUT2D eigenvalue weighted by atomic mass is 32.1. The van der Waals surface area contributed by atoms with Crippen LogP contribution >= 0.6 is 11.3 Å². The van der Waals surface area contributed by atoms with Crippen LogP contribution in [0.4, 0.5) is 5.00 Å². The van der Waals surface area contributed by atoms with Crippen LogP contribution in [0.15, 0.2) is 70.1 Å². The Balaban J connectivity index is 1.41. The van der Waals surface area contributed by atoms with Crippen molar-refractivity contribution in [3.8, 4) is 11.3 Å². The third kappa shape index (κ3) is 4.88. The summed E-state index contributed by atoms with van der Waals surface area (Å²) in [6, 6.07) is 18.6. The largest absolute Gasteiger partial charge is 0.478 e. The fourth-order valence-electron chi connectivity index (χ4n) is 4.57. The van der Waals surface area contributed by atoms with E-state index in [1.54, 1.807) is 42.7 Å². The second-order valence-electron chi connectivity index (χ2n) is 8.80. The lowest BCUT2D eigenvalue weighted by Gasteiger charge is -2.12. The Bertz CT molecular complexity index is 1450. The number of thiophene rings is 1. The molecule has 0 atom stereocenters. The van der Waals surface area contributed by atoms with Gasteiger partial charge >= 0.3 is 5.97 Å². The topological polar surface area (TPSA) is 91.9 Å². The normalized spacial score (nSPS) is 13.0. The fourth-order valence-corrected chi connectivity index (χ4v) is 5.80. The molecule has 6 nitrogen and oxygen atoms in total. The molecule has 0 saturated carbocycles. The maximum atomic E-state index is 13.2. The molecule has 36 heavy (non-hydrogen) atoms. The fraction of sp³-hybridized carbons (Fsp3) is 0.207. The maximum Gasteiger partial charge on any atom is 0.335 e. The van der Waals surface area contributed by atoms with Gasteiger partial charge in [-0.05, 0) is 67.5 Å². The average molecular weight is 499 g/mol. The molecule has 4 aromatic rings. The van der Waals surface area contributed by atoms with Crippen LogP contribution in [0.25, 0.3) is 11.3 Å². The van der Waals surface area contributed by atoms with Gasteiger partial charge in [-0.15, -0.1) is 11.3 Å². The van der Waals surface area contributed by atoms with Crippen LogP contribution in [0.5, 0.6) is 0 Å². The van der Waals surface area contributed by atoms with Gasteiger partial charge in [-0.3, -0.25) is 4.79 Å². The SMILES string of the molecule is Cc1c(C(=O)O)cccc1-c1ccc(/C=N/c2sc3c(c2C(=O)NCc2ccccc2)CCCC3)o1. The van der Waals surface area contributed by atoms with Gasteiger partial charge in [0.2, 0.25) is 0 Å². The molecule has 2 heterocycles. The minimum atomic E-state index is -0.970. The lowest BCUT2D eigenvalue weighted by molar-refractivity contribution is 0.0696. The number of hydrogen-bond acceptors (Lipinski definition) is 5. The van der Waals surface area contributed by atoms with Crippen molar-refractivity contribution >= 4 is 34.4 Å². The molecular weight excluding hydrogens is 472 g/mol. The number of nitrogens with zero attached hydrogens (tertiary/aromatic N) is 1. The molecule has 0 radical (unpaired) electrons. The number of carboxylic acids is 1. The van der Waals surface area contributed by atoms with Gasteiger partial charge in [0.25, 0.3) is 5.91 Å². The minimum Gasteiger partial charge on any atom is -0.478 e. The summed E-state index contributed by atoms with van der Waals surface area (Å²) in [5.74, 6) is 0.0320. The Morgan fingerprint density at radius 1 is 1.06 bits per heavy atom. The Morgan fingerprint density at radius 2 is 1.86 bits per heavy atom. The number of carbonyl (C=O) groups is 2. The molecule has 7 heteroatoms. The standard InChI is InChI=1S/C29H26N2O4S/c1-18-21(11-7-12-22(18)29(33)34)24-15-14-20(35-24)17-31-28-26(23-10-5-6-13-25(23)36-28)27(32)30-16-19-8-3-2-4-9-19/h2-4,7-9,11-12,14-15,17H,5-6,10,13,16H2,1H3,(H,30,32)(H,33,34)/b31-17+. The van der Waals surface area contributed by atoms with Crippen LogP contribution in [-0.4, -0.2) is 23.2 Å². The Labute approximate surface area is 213 Å². The van der Waals surface area contributed by atoms with Crippen molar-refractivity contribution in [2.24, 2.45) is 4.99 Å². The van der Waals surface area contributed by atoms with Crippen LogP contribution < -0.4 is 5.32 Å². The van der Waals surface area contributed by atoms with Crippen molar-refractivity contribution in [3.05, 3.63) is 99.1 Å². The summed E-state index contributed by atoms with van der Waals surface area (Å²) in [6.45, 7) is 2.23. The van der Waals surface area contributed by atoms with Crippen LogP contribution in [0.2, 0.25) is 0 Å². The summed E-state index contributed by atoms with van der Waals surface area (Å²) >= 11 is 1.58. The Kier molecular flexibility index (Phi) is 6.82. The number of fused-ring (bicyclic) bond motifs is 1. The van der Waals surface area contributed by atoms with Crippen molar-refractivity contribution < 1.29 is 19.1 Å². The number of aliphatic imine (C=N–C) groups is 1. The summed E-state index contributed by atoms with van der Waals surface area (Å²) in [5.41, 5.74) is 4.44. The highest BCUT2D eigenvalue weighted by molar-refractivity contribution is 7.16. The molecule has 1 amide bonds. The van der Waals surface area contributed by atoms with E-state index in [0.717, 1.165) is 42.4 Å². The molecule has 2 aromatic heterocycles. The molecule has 2 aromatic carbocycles. The molecule has 0 aliphatic heterocycles. The number of furan rings is 1. The Hall–Kier alpha value is -3.97. The van der Waals surface area contributed by atoms with Gasteiger partial charge in [0.05, 0.1) is 17.3 Å².